The van der Waals surface area contributed by atoms with Crippen molar-refractivity contribution in [1.29, 1.82) is 0 Å². The summed E-state index contributed by atoms with van der Waals surface area (Å²) in [5.74, 6) is -0.269. The number of piperazine rings is 1. The van der Waals surface area contributed by atoms with Gasteiger partial charge in [0.05, 0.1) is 13.2 Å². The first-order chi connectivity index (χ1) is 17.0. The second-order valence-corrected chi connectivity index (χ2v) is 9.59. The van der Waals surface area contributed by atoms with Crippen molar-refractivity contribution >= 4 is 17.7 Å². The maximum atomic E-state index is 14.1. The highest BCUT2D eigenvalue weighted by atomic mass is 16.6. The first-order valence-electron chi connectivity index (χ1n) is 12.8. The van der Waals surface area contributed by atoms with E-state index in [1.165, 1.54) is 0 Å². The van der Waals surface area contributed by atoms with Crippen molar-refractivity contribution in [3.05, 3.63) is 71.8 Å². The van der Waals surface area contributed by atoms with E-state index in [1.807, 2.05) is 48.5 Å². The number of carbonyl (C=O) groups excluding carboxylic acids is 3. The number of amides is 1. The Labute approximate surface area is 208 Å². The predicted octanol–water partition coefficient (Wildman–Crippen LogP) is 4.51. The second kappa shape index (κ2) is 11.6. The van der Waals surface area contributed by atoms with E-state index in [0.29, 0.717) is 45.8 Å². The largest absolute Gasteiger partial charge is 0.450 e. The Kier molecular flexibility index (Phi) is 8.34. The Morgan fingerprint density at radius 3 is 2.06 bits per heavy atom. The summed E-state index contributed by atoms with van der Waals surface area (Å²) < 4.78 is 5.12. The number of benzene rings is 2. The van der Waals surface area contributed by atoms with Crippen LogP contribution < -0.4 is 0 Å². The van der Waals surface area contributed by atoms with E-state index < -0.39 is 0 Å². The summed E-state index contributed by atoms with van der Waals surface area (Å²) in [6.07, 6.45) is 0.837. The second-order valence-electron chi connectivity index (χ2n) is 9.59. The average molecular weight is 477 g/mol. The van der Waals surface area contributed by atoms with Crippen molar-refractivity contribution in [2.45, 2.75) is 38.5 Å². The Bertz CT molecular complexity index is 1000. The van der Waals surface area contributed by atoms with Gasteiger partial charge in [-0.3, -0.25) is 14.5 Å². The van der Waals surface area contributed by atoms with Gasteiger partial charge >= 0.3 is 6.09 Å². The molecule has 186 valence electrons. The molecule has 0 bridgehead atoms. The molecule has 1 aliphatic heterocycles. The van der Waals surface area contributed by atoms with Crippen LogP contribution in [0.25, 0.3) is 0 Å². The number of hydrogen-bond donors (Lipinski definition) is 0. The van der Waals surface area contributed by atoms with Gasteiger partial charge in [0.25, 0.3) is 0 Å². The molecule has 1 aliphatic carbocycles. The van der Waals surface area contributed by atoms with Gasteiger partial charge in [0.1, 0.15) is 5.78 Å². The fourth-order valence-electron chi connectivity index (χ4n) is 5.87. The van der Waals surface area contributed by atoms with Crippen LogP contribution in [0.2, 0.25) is 0 Å². The molecule has 4 rings (SSSR count). The van der Waals surface area contributed by atoms with Crippen LogP contribution >= 0.6 is 0 Å². The Hall–Kier alpha value is -2.99. The molecule has 0 spiro atoms. The van der Waals surface area contributed by atoms with Gasteiger partial charge in [-0.15, -0.1) is 0 Å². The van der Waals surface area contributed by atoms with Crippen molar-refractivity contribution in [3.8, 4) is 0 Å². The van der Waals surface area contributed by atoms with Gasteiger partial charge in [-0.1, -0.05) is 67.6 Å². The lowest BCUT2D eigenvalue weighted by atomic mass is 9.60. The number of carbonyl (C=O) groups is 3. The first-order valence-corrected chi connectivity index (χ1v) is 12.8. The van der Waals surface area contributed by atoms with E-state index in [1.54, 1.807) is 11.8 Å². The Balaban J connectivity index is 1.60. The van der Waals surface area contributed by atoms with Crippen LogP contribution in [0.5, 0.6) is 0 Å². The number of ketones is 2. The lowest BCUT2D eigenvalue weighted by molar-refractivity contribution is -0.133. The van der Waals surface area contributed by atoms with E-state index >= 15 is 0 Å². The van der Waals surface area contributed by atoms with E-state index in [-0.39, 0.29) is 41.3 Å². The van der Waals surface area contributed by atoms with Crippen LogP contribution in [-0.2, 0) is 14.3 Å². The molecule has 6 heteroatoms. The molecule has 1 saturated heterocycles. The molecule has 2 aromatic rings. The highest BCUT2D eigenvalue weighted by Crippen LogP contribution is 2.49. The molecular weight excluding hydrogens is 440 g/mol. The molecule has 1 heterocycles. The van der Waals surface area contributed by atoms with Gasteiger partial charge in [0, 0.05) is 56.3 Å². The number of ether oxygens (including phenoxy) is 1. The number of hydrogen-bond acceptors (Lipinski definition) is 5. The molecule has 35 heavy (non-hydrogen) atoms. The van der Waals surface area contributed by atoms with Gasteiger partial charge in [-0.2, -0.15) is 0 Å². The molecule has 6 nitrogen and oxygen atoms in total. The van der Waals surface area contributed by atoms with Gasteiger partial charge in [-0.05, 0) is 24.5 Å². The molecule has 2 aliphatic rings. The first kappa shape index (κ1) is 25.1. The minimum Gasteiger partial charge on any atom is -0.450 e. The molecule has 1 saturated carbocycles. The smallest absolute Gasteiger partial charge is 0.409 e. The molecular formula is C29H36N2O4. The standard InChI is InChI=1S/C29H36N2O4/c1-3-23-25(32)19-24(21-11-7-5-8-12-21)28(27(23)22-13-9-6-10-14-22)26(33)20-30-15-17-31(18-16-30)29(34)35-4-2/h5-14,23-24,27-28H,3-4,15-20H2,1-2H3. The highest BCUT2D eigenvalue weighted by Gasteiger charge is 2.47. The fourth-order valence-corrected chi connectivity index (χ4v) is 5.87. The molecule has 0 aromatic heterocycles. The van der Waals surface area contributed by atoms with Crippen LogP contribution in [0.15, 0.2) is 60.7 Å². The zero-order chi connectivity index (χ0) is 24.8. The van der Waals surface area contributed by atoms with Gasteiger partial charge in [-0.25, -0.2) is 4.79 Å². The van der Waals surface area contributed by atoms with Crippen molar-refractivity contribution in [2.75, 3.05) is 39.3 Å². The van der Waals surface area contributed by atoms with Crippen LogP contribution in [0.4, 0.5) is 4.79 Å². The molecule has 4 unspecified atom stereocenters. The van der Waals surface area contributed by atoms with Crippen molar-refractivity contribution in [2.24, 2.45) is 11.8 Å². The van der Waals surface area contributed by atoms with E-state index in [9.17, 15) is 14.4 Å². The molecule has 2 aromatic carbocycles. The van der Waals surface area contributed by atoms with E-state index in [0.717, 1.165) is 17.5 Å². The predicted molar refractivity (Wildman–Crippen MR) is 135 cm³/mol. The van der Waals surface area contributed by atoms with Crippen molar-refractivity contribution in [1.82, 2.24) is 9.80 Å². The molecule has 0 radical (unpaired) electrons. The van der Waals surface area contributed by atoms with E-state index in [2.05, 4.69) is 24.0 Å². The lowest BCUT2D eigenvalue weighted by Crippen LogP contribution is -2.52. The summed E-state index contributed by atoms with van der Waals surface area (Å²) in [5, 5.41) is 0. The Morgan fingerprint density at radius 1 is 0.886 bits per heavy atom. The van der Waals surface area contributed by atoms with Crippen LogP contribution in [0, 0.1) is 11.8 Å². The minimum absolute atomic E-state index is 0.134. The van der Waals surface area contributed by atoms with Crippen LogP contribution in [0.1, 0.15) is 49.7 Å². The summed E-state index contributed by atoms with van der Waals surface area (Å²) in [6.45, 7) is 6.93. The summed E-state index contributed by atoms with van der Waals surface area (Å²) >= 11 is 0. The van der Waals surface area contributed by atoms with Crippen molar-refractivity contribution < 1.29 is 19.1 Å². The number of Topliss-reactive ketones (excluding diaryl/α,β-unsaturated/α-hetero) is 2. The number of rotatable bonds is 7. The number of nitrogens with zero attached hydrogens (tertiary/aromatic N) is 2. The average Bonchev–Trinajstić information content (AvgIpc) is 2.89. The fraction of sp³-hybridized carbons (Fsp3) is 0.483. The van der Waals surface area contributed by atoms with Gasteiger partial charge in [0.2, 0.25) is 0 Å². The minimum atomic E-state index is -0.289. The molecule has 2 fully saturated rings. The third-order valence-electron chi connectivity index (χ3n) is 7.59. The highest BCUT2D eigenvalue weighted by molar-refractivity contribution is 5.91. The SMILES string of the molecule is CCOC(=O)N1CCN(CC(=O)C2C(c3ccccc3)CC(=O)C(CC)C2c2ccccc2)CC1. The van der Waals surface area contributed by atoms with Crippen LogP contribution in [-0.4, -0.2) is 66.8 Å². The van der Waals surface area contributed by atoms with Crippen LogP contribution in [0.3, 0.4) is 0 Å². The quantitative estimate of drug-likeness (QED) is 0.588. The topological polar surface area (TPSA) is 66.9 Å². The van der Waals surface area contributed by atoms with Crippen molar-refractivity contribution in [3.63, 3.8) is 0 Å². The normalized spacial score (nSPS) is 25.3. The summed E-state index contributed by atoms with van der Waals surface area (Å²) in [4.78, 5) is 43.3. The third kappa shape index (κ3) is 5.64. The summed E-state index contributed by atoms with van der Waals surface area (Å²) in [6, 6.07) is 20.1. The third-order valence-corrected chi connectivity index (χ3v) is 7.59. The molecule has 4 atom stereocenters. The molecule has 1 amide bonds. The summed E-state index contributed by atoms with van der Waals surface area (Å²) in [5.41, 5.74) is 2.13. The Morgan fingerprint density at radius 2 is 1.49 bits per heavy atom. The summed E-state index contributed by atoms with van der Waals surface area (Å²) in [7, 11) is 0. The molecule has 0 N–H and O–H groups in total. The monoisotopic (exact) mass is 476 g/mol. The maximum absolute atomic E-state index is 14.1. The maximum Gasteiger partial charge on any atom is 0.409 e. The van der Waals surface area contributed by atoms with Gasteiger partial charge < -0.3 is 9.64 Å². The van der Waals surface area contributed by atoms with E-state index in [4.69, 9.17) is 4.74 Å². The zero-order valence-corrected chi connectivity index (χ0v) is 20.8. The zero-order valence-electron chi connectivity index (χ0n) is 20.8. The lowest BCUT2D eigenvalue weighted by Gasteiger charge is -2.43. The van der Waals surface area contributed by atoms with Gasteiger partial charge in [0.15, 0.2) is 5.78 Å².